The first kappa shape index (κ1) is 16.2. The van der Waals surface area contributed by atoms with Crippen LogP contribution in [0.15, 0.2) is 36.5 Å². The summed E-state index contributed by atoms with van der Waals surface area (Å²) in [6, 6.07) is 11.1. The number of aromatic nitrogens is 1. The highest BCUT2D eigenvalue weighted by Crippen LogP contribution is 2.36. The lowest BCUT2D eigenvalue weighted by molar-refractivity contribution is 0.0209. The first-order valence-electron chi connectivity index (χ1n) is 9.02. The van der Waals surface area contributed by atoms with Crippen LogP contribution in [0.4, 0.5) is 10.5 Å². The molecular weight excluding hydrogens is 314 g/mol. The Hall–Kier alpha value is -2.30. The molecule has 2 aliphatic rings. The Kier molecular flexibility index (Phi) is 3.82. The minimum Gasteiger partial charge on any atom is -0.444 e. The molecule has 5 heteroatoms. The fraction of sp³-hybridized carbons (Fsp3) is 0.500. The van der Waals surface area contributed by atoms with Crippen LogP contribution >= 0.6 is 0 Å². The maximum atomic E-state index is 12.4. The van der Waals surface area contributed by atoms with Crippen molar-refractivity contribution in [2.24, 2.45) is 0 Å². The quantitative estimate of drug-likeness (QED) is 0.792. The molecule has 2 atom stereocenters. The van der Waals surface area contributed by atoms with E-state index >= 15 is 0 Å². The fourth-order valence-electron chi connectivity index (χ4n) is 4.00. The van der Waals surface area contributed by atoms with Crippen molar-refractivity contribution < 1.29 is 9.53 Å². The van der Waals surface area contributed by atoms with Crippen LogP contribution in [0.3, 0.4) is 0 Å². The number of amides is 1. The third-order valence-corrected chi connectivity index (χ3v) is 5.01. The van der Waals surface area contributed by atoms with E-state index in [0.717, 1.165) is 42.5 Å². The standard InChI is InChI=1S/C20H25N3O2/c1-20(2,3)25-19(24)22-12-15-8-9-16(13-22)23(15)17-10-14-6-4-5-7-18(14)21-11-17/h4-7,10-11,15-16H,8-9,12-13H2,1-3H3. The van der Waals surface area contributed by atoms with E-state index in [1.165, 1.54) is 0 Å². The summed E-state index contributed by atoms with van der Waals surface area (Å²) in [6.07, 6.45) is 3.99. The second-order valence-corrected chi connectivity index (χ2v) is 8.06. The van der Waals surface area contributed by atoms with Crippen LogP contribution in [-0.4, -0.2) is 46.8 Å². The molecule has 3 heterocycles. The number of anilines is 1. The first-order chi connectivity index (χ1) is 11.9. The van der Waals surface area contributed by atoms with Gasteiger partial charge < -0.3 is 14.5 Å². The molecule has 2 saturated heterocycles. The minimum absolute atomic E-state index is 0.194. The summed E-state index contributed by atoms with van der Waals surface area (Å²) in [5, 5.41) is 1.16. The summed E-state index contributed by atoms with van der Waals surface area (Å²) in [7, 11) is 0. The summed E-state index contributed by atoms with van der Waals surface area (Å²) in [4.78, 5) is 21.4. The van der Waals surface area contributed by atoms with Gasteiger partial charge in [0.25, 0.3) is 0 Å². The highest BCUT2D eigenvalue weighted by molar-refractivity contribution is 5.82. The number of para-hydroxylation sites is 1. The zero-order valence-electron chi connectivity index (χ0n) is 15.1. The number of hydrogen-bond donors (Lipinski definition) is 0. The van der Waals surface area contributed by atoms with E-state index in [4.69, 9.17) is 4.74 Å². The summed E-state index contributed by atoms with van der Waals surface area (Å²) < 4.78 is 5.56. The van der Waals surface area contributed by atoms with Crippen molar-refractivity contribution in [3.8, 4) is 0 Å². The van der Waals surface area contributed by atoms with Gasteiger partial charge in [0.2, 0.25) is 0 Å². The topological polar surface area (TPSA) is 45.7 Å². The lowest BCUT2D eigenvalue weighted by atomic mass is 10.1. The normalized spacial score (nSPS) is 23.2. The number of fused-ring (bicyclic) bond motifs is 3. The van der Waals surface area contributed by atoms with Crippen LogP contribution in [0.25, 0.3) is 10.9 Å². The molecule has 2 aromatic rings. The molecule has 0 saturated carbocycles. The van der Waals surface area contributed by atoms with Crippen molar-refractivity contribution >= 4 is 22.7 Å². The molecule has 2 aliphatic heterocycles. The zero-order chi connectivity index (χ0) is 17.6. The monoisotopic (exact) mass is 339 g/mol. The minimum atomic E-state index is -0.449. The van der Waals surface area contributed by atoms with Crippen molar-refractivity contribution in [2.45, 2.75) is 51.3 Å². The van der Waals surface area contributed by atoms with Gasteiger partial charge in [0.1, 0.15) is 5.60 Å². The number of likely N-dealkylation sites (tertiary alicyclic amines) is 1. The van der Waals surface area contributed by atoms with Crippen LogP contribution in [0.2, 0.25) is 0 Å². The molecule has 5 nitrogen and oxygen atoms in total. The molecular formula is C20H25N3O2. The number of carbonyl (C=O) groups is 1. The SMILES string of the molecule is CC(C)(C)OC(=O)N1CC2CCC(C1)N2c1cnc2ccccc2c1. The first-order valence-corrected chi connectivity index (χ1v) is 9.02. The Morgan fingerprint density at radius 3 is 2.52 bits per heavy atom. The van der Waals surface area contributed by atoms with E-state index in [2.05, 4.69) is 22.0 Å². The highest BCUT2D eigenvalue weighted by atomic mass is 16.6. The molecule has 1 aromatic heterocycles. The molecule has 25 heavy (non-hydrogen) atoms. The van der Waals surface area contributed by atoms with Gasteiger partial charge in [0.05, 0.1) is 17.4 Å². The molecule has 2 unspecified atom stereocenters. The summed E-state index contributed by atoms with van der Waals surface area (Å²) in [5.74, 6) is 0. The highest BCUT2D eigenvalue weighted by Gasteiger charge is 2.42. The van der Waals surface area contributed by atoms with Gasteiger partial charge in [-0.1, -0.05) is 18.2 Å². The maximum Gasteiger partial charge on any atom is 0.410 e. The average molecular weight is 339 g/mol. The van der Waals surface area contributed by atoms with Crippen LogP contribution < -0.4 is 4.90 Å². The van der Waals surface area contributed by atoms with E-state index < -0.39 is 5.60 Å². The molecule has 132 valence electrons. The molecule has 0 radical (unpaired) electrons. The number of hydrogen-bond acceptors (Lipinski definition) is 4. The van der Waals surface area contributed by atoms with E-state index in [-0.39, 0.29) is 6.09 Å². The Bertz CT molecular complexity index is 785. The van der Waals surface area contributed by atoms with E-state index in [0.29, 0.717) is 12.1 Å². The van der Waals surface area contributed by atoms with Gasteiger partial charge in [0.15, 0.2) is 0 Å². The van der Waals surface area contributed by atoms with Gasteiger partial charge in [0, 0.05) is 30.6 Å². The van der Waals surface area contributed by atoms with Crippen molar-refractivity contribution in [3.63, 3.8) is 0 Å². The summed E-state index contributed by atoms with van der Waals surface area (Å²) in [6.45, 7) is 7.18. The maximum absolute atomic E-state index is 12.4. The number of pyridine rings is 1. The lowest BCUT2D eigenvalue weighted by Gasteiger charge is -2.42. The largest absolute Gasteiger partial charge is 0.444 e. The van der Waals surface area contributed by atoms with Crippen molar-refractivity contribution in [1.29, 1.82) is 0 Å². The molecule has 0 N–H and O–H groups in total. The molecule has 2 fully saturated rings. The molecule has 4 rings (SSSR count). The van der Waals surface area contributed by atoms with E-state index in [1.807, 2.05) is 50.1 Å². The van der Waals surface area contributed by atoms with Crippen LogP contribution in [-0.2, 0) is 4.74 Å². The summed E-state index contributed by atoms with van der Waals surface area (Å²) in [5.41, 5.74) is 1.73. The number of rotatable bonds is 1. The molecule has 1 amide bonds. The predicted octanol–water partition coefficient (Wildman–Crippen LogP) is 3.82. The Morgan fingerprint density at radius 2 is 1.84 bits per heavy atom. The average Bonchev–Trinajstić information content (AvgIpc) is 2.82. The van der Waals surface area contributed by atoms with Crippen LogP contribution in [0.1, 0.15) is 33.6 Å². The number of piperazine rings is 1. The van der Waals surface area contributed by atoms with Crippen molar-refractivity contribution in [2.75, 3.05) is 18.0 Å². The van der Waals surface area contributed by atoms with Gasteiger partial charge in [-0.2, -0.15) is 0 Å². The Morgan fingerprint density at radius 1 is 1.16 bits per heavy atom. The van der Waals surface area contributed by atoms with Gasteiger partial charge in [-0.3, -0.25) is 4.98 Å². The second kappa shape index (κ2) is 5.90. The molecule has 0 aliphatic carbocycles. The van der Waals surface area contributed by atoms with E-state index in [9.17, 15) is 4.79 Å². The third-order valence-electron chi connectivity index (χ3n) is 5.01. The van der Waals surface area contributed by atoms with Gasteiger partial charge in [-0.05, 0) is 45.7 Å². The fourth-order valence-corrected chi connectivity index (χ4v) is 4.00. The summed E-state index contributed by atoms with van der Waals surface area (Å²) >= 11 is 0. The van der Waals surface area contributed by atoms with Gasteiger partial charge in [-0.25, -0.2) is 4.79 Å². The van der Waals surface area contributed by atoms with Gasteiger partial charge in [-0.15, -0.1) is 0 Å². The number of nitrogens with zero attached hydrogens (tertiary/aromatic N) is 3. The zero-order valence-corrected chi connectivity index (χ0v) is 15.1. The van der Waals surface area contributed by atoms with E-state index in [1.54, 1.807) is 0 Å². The van der Waals surface area contributed by atoms with Crippen LogP contribution in [0, 0.1) is 0 Å². The number of benzene rings is 1. The molecule has 1 aromatic carbocycles. The second-order valence-electron chi connectivity index (χ2n) is 8.06. The number of carbonyl (C=O) groups excluding carboxylic acids is 1. The predicted molar refractivity (Wildman–Crippen MR) is 98.8 cm³/mol. The Labute approximate surface area is 148 Å². The van der Waals surface area contributed by atoms with Crippen molar-refractivity contribution in [3.05, 3.63) is 36.5 Å². The van der Waals surface area contributed by atoms with Crippen molar-refractivity contribution in [1.82, 2.24) is 9.88 Å². The van der Waals surface area contributed by atoms with Gasteiger partial charge >= 0.3 is 6.09 Å². The number of ether oxygens (including phenoxy) is 1. The third kappa shape index (κ3) is 3.15. The molecule has 2 bridgehead atoms. The van der Waals surface area contributed by atoms with Crippen LogP contribution in [0.5, 0.6) is 0 Å². The molecule has 0 spiro atoms. The Balaban J connectivity index is 1.54. The lowest BCUT2D eigenvalue weighted by Crippen LogP contribution is -2.56. The smallest absolute Gasteiger partial charge is 0.410 e.